The minimum Gasteiger partial charge on any atom is -0.327 e. The Bertz CT molecular complexity index is 1320. The molecule has 5 rings (SSSR count). The van der Waals surface area contributed by atoms with Crippen LogP contribution in [-0.2, 0) is 0 Å². The van der Waals surface area contributed by atoms with E-state index in [0.717, 1.165) is 38.5 Å². The number of fused-ring (bicyclic) bond motifs is 1. The molecule has 1 atom stereocenters. The van der Waals surface area contributed by atoms with Crippen LogP contribution in [0.2, 0.25) is 0 Å². The maximum Gasteiger partial charge on any atom is 0.274 e. The summed E-state index contributed by atoms with van der Waals surface area (Å²) in [5.41, 5.74) is 0.655. The van der Waals surface area contributed by atoms with E-state index < -0.39 is 0 Å². The lowest BCUT2D eigenvalue weighted by atomic mass is 10.1. The van der Waals surface area contributed by atoms with Crippen molar-refractivity contribution in [1.82, 2.24) is 24.2 Å². The summed E-state index contributed by atoms with van der Waals surface area (Å²) >= 11 is 0. The first-order valence-corrected chi connectivity index (χ1v) is 11.9. The number of amides is 1. The van der Waals surface area contributed by atoms with E-state index in [2.05, 4.69) is 5.10 Å². The average molecular weight is 448 g/mol. The number of rotatable bonds is 4. The lowest BCUT2D eigenvalue weighted by molar-refractivity contribution is 0.0715. The Morgan fingerprint density at radius 1 is 1.00 bits per heavy atom. The number of hydrogen-bond donors (Lipinski definition) is 0. The van der Waals surface area contributed by atoms with E-state index in [0.29, 0.717) is 23.3 Å². The number of para-hydroxylation sites is 1. The van der Waals surface area contributed by atoms with E-state index in [1.807, 2.05) is 42.7 Å². The molecule has 3 heterocycles. The van der Waals surface area contributed by atoms with Gasteiger partial charge in [-0.05, 0) is 57.7 Å². The number of nitrogens with zero attached hydrogens (tertiary/aromatic N) is 5. The molecular formula is C25H29N5O3. The van der Waals surface area contributed by atoms with Gasteiger partial charge in [-0.1, -0.05) is 25.0 Å². The molecule has 1 saturated heterocycles. The number of aromatic nitrogens is 4. The van der Waals surface area contributed by atoms with Crippen LogP contribution in [0.25, 0.3) is 10.9 Å². The van der Waals surface area contributed by atoms with E-state index in [-0.39, 0.29) is 40.8 Å². The maximum atomic E-state index is 13.6. The van der Waals surface area contributed by atoms with Crippen molar-refractivity contribution in [2.24, 2.45) is 0 Å². The number of carbonyl (C=O) groups is 1. The Kier molecular flexibility index (Phi) is 5.60. The van der Waals surface area contributed by atoms with Gasteiger partial charge in [0.2, 0.25) is 0 Å². The van der Waals surface area contributed by atoms with Crippen molar-refractivity contribution in [1.29, 1.82) is 0 Å². The molecule has 172 valence electrons. The summed E-state index contributed by atoms with van der Waals surface area (Å²) in [6.07, 6.45) is 5.67. The van der Waals surface area contributed by atoms with Crippen LogP contribution in [-0.4, -0.2) is 36.7 Å². The van der Waals surface area contributed by atoms with Crippen molar-refractivity contribution in [2.75, 3.05) is 6.54 Å². The van der Waals surface area contributed by atoms with Crippen LogP contribution in [0.15, 0.2) is 46.0 Å². The quantitative estimate of drug-likeness (QED) is 0.609. The molecule has 0 bridgehead atoms. The van der Waals surface area contributed by atoms with Gasteiger partial charge in [-0.2, -0.15) is 5.10 Å². The first-order valence-electron chi connectivity index (χ1n) is 11.9. The predicted octanol–water partition coefficient (Wildman–Crippen LogP) is 3.63. The highest BCUT2D eigenvalue weighted by atomic mass is 16.2. The Morgan fingerprint density at radius 3 is 2.52 bits per heavy atom. The van der Waals surface area contributed by atoms with Gasteiger partial charge in [-0.3, -0.25) is 19.0 Å². The van der Waals surface area contributed by atoms with E-state index in [4.69, 9.17) is 4.98 Å². The molecule has 2 fully saturated rings. The zero-order valence-corrected chi connectivity index (χ0v) is 19.1. The monoisotopic (exact) mass is 447 g/mol. The van der Waals surface area contributed by atoms with Crippen molar-refractivity contribution >= 4 is 16.8 Å². The first-order chi connectivity index (χ1) is 16.0. The Balaban J connectivity index is 1.60. The van der Waals surface area contributed by atoms with Crippen molar-refractivity contribution in [3.63, 3.8) is 0 Å². The van der Waals surface area contributed by atoms with Gasteiger partial charge in [0.15, 0.2) is 0 Å². The van der Waals surface area contributed by atoms with Gasteiger partial charge in [0.25, 0.3) is 17.0 Å². The van der Waals surface area contributed by atoms with E-state index >= 15 is 0 Å². The molecule has 0 N–H and O–H groups in total. The average Bonchev–Trinajstić information content (AvgIpc) is 3.51. The standard InChI is InChI=1S/C25H29N5O3/c1-16(2)30-22(31)14-13-20(27-30)25(33)28-15-7-12-21(28)23-26-19-11-6-5-10-18(19)24(32)29(23)17-8-3-4-9-17/h5-6,10-11,13-14,16-17,21H,3-4,7-9,12,15H2,1-2H3. The van der Waals surface area contributed by atoms with Crippen LogP contribution in [0.4, 0.5) is 0 Å². The summed E-state index contributed by atoms with van der Waals surface area (Å²) < 4.78 is 3.20. The molecule has 8 nitrogen and oxygen atoms in total. The zero-order chi connectivity index (χ0) is 23.1. The van der Waals surface area contributed by atoms with Crippen LogP contribution >= 0.6 is 0 Å². The van der Waals surface area contributed by atoms with E-state index in [9.17, 15) is 14.4 Å². The molecular weight excluding hydrogens is 418 g/mol. The number of likely N-dealkylation sites (tertiary alicyclic amines) is 1. The van der Waals surface area contributed by atoms with E-state index in [1.165, 1.54) is 16.8 Å². The third-order valence-electron chi connectivity index (χ3n) is 6.87. The highest BCUT2D eigenvalue weighted by molar-refractivity contribution is 5.92. The number of hydrogen-bond acceptors (Lipinski definition) is 5. The summed E-state index contributed by atoms with van der Waals surface area (Å²) in [7, 11) is 0. The van der Waals surface area contributed by atoms with Crippen molar-refractivity contribution in [3.8, 4) is 0 Å². The minimum absolute atomic E-state index is 0.0201. The second-order valence-corrected chi connectivity index (χ2v) is 9.35. The van der Waals surface area contributed by atoms with Crippen LogP contribution in [0, 0.1) is 0 Å². The van der Waals surface area contributed by atoms with Gasteiger partial charge in [-0.25, -0.2) is 9.67 Å². The molecule has 2 aromatic heterocycles. The van der Waals surface area contributed by atoms with Crippen molar-refractivity contribution in [2.45, 2.75) is 70.5 Å². The fourth-order valence-corrected chi connectivity index (χ4v) is 5.25. The summed E-state index contributed by atoms with van der Waals surface area (Å²) in [5.74, 6) is 0.445. The van der Waals surface area contributed by atoms with Gasteiger partial charge in [0.05, 0.1) is 23.0 Å². The molecule has 33 heavy (non-hydrogen) atoms. The molecule has 1 saturated carbocycles. The third kappa shape index (κ3) is 3.77. The molecule has 0 radical (unpaired) electrons. The van der Waals surface area contributed by atoms with Gasteiger partial charge in [0, 0.05) is 18.7 Å². The normalized spacial score (nSPS) is 19.1. The fourth-order valence-electron chi connectivity index (χ4n) is 5.25. The Labute approximate surface area is 191 Å². The number of benzene rings is 1. The zero-order valence-electron chi connectivity index (χ0n) is 19.1. The van der Waals surface area contributed by atoms with Crippen LogP contribution in [0.3, 0.4) is 0 Å². The lowest BCUT2D eigenvalue weighted by Crippen LogP contribution is -2.38. The fraction of sp³-hybridized carbons (Fsp3) is 0.480. The molecule has 1 aromatic carbocycles. The summed E-state index contributed by atoms with van der Waals surface area (Å²) in [4.78, 5) is 45.9. The van der Waals surface area contributed by atoms with Gasteiger partial charge < -0.3 is 4.90 Å². The topological polar surface area (TPSA) is 90.1 Å². The van der Waals surface area contributed by atoms with E-state index in [1.54, 1.807) is 4.90 Å². The SMILES string of the molecule is CC(C)n1nc(C(=O)N2CCCC2c2nc3ccccc3c(=O)n2C2CCCC2)ccc1=O. The van der Waals surface area contributed by atoms with Crippen LogP contribution in [0.1, 0.15) is 86.8 Å². The Hall–Kier alpha value is -3.29. The van der Waals surface area contributed by atoms with Gasteiger partial charge in [0.1, 0.15) is 11.5 Å². The molecule has 1 amide bonds. The largest absolute Gasteiger partial charge is 0.327 e. The predicted molar refractivity (Wildman–Crippen MR) is 125 cm³/mol. The molecule has 8 heteroatoms. The molecule has 1 aliphatic carbocycles. The highest BCUT2D eigenvalue weighted by Gasteiger charge is 2.36. The minimum atomic E-state index is -0.295. The summed E-state index contributed by atoms with van der Waals surface area (Å²) in [6, 6.07) is 10.0. The first kappa shape index (κ1) is 21.6. The molecule has 1 unspecified atom stereocenters. The highest BCUT2D eigenvalue weighted by Crippen LogP contribution is 2.36. The van der Waals surface area contributed by atoms with Crippen molar-refractivity contribution < 1.29 is 4.79 Å². The van der Waals surface area contributed by atoms with Gasteiger partial charge in [-0.15, -0.1) is 0 Å². The summed E-state index contributed by atoms with van der Waals surface area (Å²) in [5, 5.41) is 4.96. The second kappa shape index (κ2) is 8.57. The van der Waals surface area contributed by atoms with Crippen LogP contribution in [0.5, 0.6) is 0 Å². The maximum absolute atomic E-state index is 13.6. The molecule has 0 spiro atoms. The molecule has 3 aromatic rings. The smallest absolute Gasteiger partial charge is 0.274 e. The summed E-state index contributed by atoms with van der Waals surface area (Å²) in [6.45, 7) is 4.29. The molecule has 1 aliphatic heterocycles. The van der Waals surface area contributed by atoms with Crippen LogP contribution < -0.4 is 11.1 Å². The number of carbonyl (C=O) groups excluding carboxylic acids is 1. The lowest BCUT2D eigenvalue weighted by Gasteiger charge is -2.28. The third-order valence-corrected chi connectivity index (χ3v) is 6.87. The van der Waals surface area contributed by atoms with Crippen molar-refractivity contribution in [3.05, 3.63) is 68.6 Å². The van der Waals surface area contributed by atoms with Gasteiger partial charge >= 0.3 is 0 Å². The Morgan fingerprint density at radius 2 is 1.76 bits per heavy atom. The molecule has 2 aliphatic rings. The second-order valence-electron chi connectivity index (χ2n) is 9.35.